The van der Waals surface area contributed by atoms with Gasteiger partial charge in [-0.05, 0) is 31.2 Å². The van der Waals surface area contributed by atoms with Crippen molar-refractivity contribution in [2.75, 3.05) is 12.8 Å². The van der Waals surface area contributed by atoms with Gasteiger partial charge in [0, 0.05) is 11.8 Å². The molecule has 0 saturated heterocycles. The molecule has 0 unspecified atom stereocenters. The molecular weight excluding hydrogens is 244 g/mol. The second kappa shape index (κ2) is 5.48. The number of nitrogen functional groups attached to an aromatic ring is 1. The Kier molecular flexibility index (Phi) is 3.75. The standard InChI is InChI=1S/C14H16N2O3/c1-9(13-4-3-7-19-13)16-14(17)11-6-5-10(18-2)8-12(11)15/h3-9H,15H2,1-2H3,(H,16,17)/t9-/m1/s1. The van der Waals surface area contributed by atoms with Crippen LogP contribution in [0.1, 0.15) is 29.1 Å². The quantitative estimate of drug-likeness (QED) is 0.827. The van der Waals surface area contributed by atoms with Crippen molar-refractivity contribution in [2.24, 2.45) is 0 Å². The third-order valence-corrected chi connectivity index (χ3v) is 2.82. The van der Waals surface area contributed by atoms with Crippen LogP contribution in [0.5, 0.6) is 5.75 Å². The summed E-state index contributed by atoms with van der Waals surface area (Å²) in [4.78, 5) is 12.1. The van der Waals surface area contributed by atoms with E-state index in [-0.39, 0.29) is 11.9 Å². The van der Waals surface area contributed by atoms with E-state index in [1.807, 2.05) is 13.0 Å². The maximum Gasteiger partial charge on any atom is 0.253 e. The highest BCUT2D eigenvalue weighted by molar-refractivity contribution is 5.99. The molecule has 19 heavy (non-hydrogen) atoms. The van der Waals surface area contributed by atoms with E-state index < -0.39 is 0 Å². The SMILES string of the molecule is COc1ccc(C(=O)N[C@H](C)c2ccco2)c(N)c1. The number of carbonyl (C=O) groups is 1. The molecule has 0 aliphatic rings. The molecule has 1 aromatic carbocycles. The van der Waals surface area contributed by atoms with E-state index in [0.717, 1.165) is 0 Å². The minimum Gasteiger partial charge on any atom is -0.497 e. The van der Waals surface area contributed by atoms with Gasteiger partial charge in [-0.3, -0.25) is 4.79 Å². The molecule has 0 fully saturated rings. The first-order valence-electron chi connectivity index (χ1n) is 5.89. The summed E-state index contributed by atoms with van der Waals surface area (Å²) in [6, 6.07) is 8.32. The van der Waals surface area contributed by atoms with E-state index in [0.29, 0.717) is 22.8 Å². The summed E-state index contributed by atoms with van der Waals surface area (Å²) in [5.41, 5.74) is 6.62. The first-order chi connectivity index (χ1) is 9.11. The van der Waals surface area contributed by atoms with E-state index in [1.54, 1.807) is 37.6 Å². The van der Waals surface area contributed by atoms with E-state index in [9.17, 15) is 4.79 Å². The van der Waals surface area contributed by atoms with Crippen LogP contribution in [-0.2, 0) is 0 Å². The number of amides is 1. The summed E-state index contributed by atoms with van der Waals surface area (Å²) in [6.07, 6.45) is 1.57. The molecule has 2 rings (SSSR count). The number of methoxy groups -OCH3 is 1. The van der Waals surface area contributed by atoms with Crippen molar-refractivity contribution in [1.82, 2.24) is 5.32 Å². The lowest BCUT2D eigenvalue weighted by atomic mass is 10.1. The summed E-state index contributed by atoms with van der Waals surface area (Å²) in [5.74, 6) is 1.07. The van der Waals surface area contributed by atoms with E-state index in [1.165, 1.54) is 0 Å². The number of benzene rings is 1. The first-order valence-corrected chi connectivity index (χ1v) is 5.89. The molecule has 5 heteroatoms. The third-order valence-electron chi connectivity index (χ3n) is 2.82. The number of ether oxygens (including phenoxy) is 1. The van der Waals surface area contributed by atoms with Gasteiger partial charge in [0.15, 0.2) is 0 Å². The molecule has 5 nitrogen and oxygen atoms in total. The Morgan fingerprint density at radius 1 is 1.42 bits per heavy atom. The molecule has 1 amide bonds. The number of nitrogens with one attached hydrogen (secondary N) is 1. The molecule has 0 radical (unpaired) electrons. The van der Waals surface area contributed by atoms with Crippen molar-refractivity contribution in [1.29, 1.82) is 0 Å². The Morgan fingerprint density at radius 2 is 2.21 bits per heavy atom. The van der Waals surface area contributed by atoms with Crippen LogP contribution in [0.15, 0.2) is 41.0 Å². The molecule has 0 spiro atoms. The average Bonchev–Trinajstić information content (AvgIpc) is 2.92. The molecule has 0 bridgehead atoms. The van der Waals surface area contributed by atoms with Crippen LogP contribution in [-0.4, -0.2) is 13.0 Å². The maximum absolute atomic E-state index is 12.1. The van der Waals surface area contributed by atoms with Gasteiger partial charge in [0.2, 0.25) is 0 Å². The van der Waals surface area contributed by atoms with E-state index in [2.05, 4.69) is 5.32 Å². The van der Waals surface area contributed by atoms with E-state index in [4.69, 9.17) is 14.9 Å². The Morgan fingerprint density at radius 3 is 2.79 bits per heavy atom. The largest absolute Gasteiger partial charge is 0.497 e. The maximum atomic E-state index is 12.1. The average molecular weight is 260 g/mol. The number of rotatable bonds is 4. The van der Waals surface area contributed by atoms with E-state index >= 15 is 0 Å². The number of nitrogens with two attached hydrogens (primary N) is 1. The van der Waals surface area contributed by atoms with Gasteiger partial charge >= 0.3 is 0 Å². The molecule has 100 valence electrons. The molecule has 1 atom stereocenters. The third kappa shape index (κ3) is 2.88. The van der Waals surface area contributed by atoms with Crippen LogP contribution < -0.4 is 15.8 Å². The first kappa shape index (κ1) is 13.0. The minimum atomic E-state index is -0.246. The van der Waals surface area contributed by atoms with Crippen molar-refractivity contribution in [3.63, 3.8) is 0 Å². The highest BCUT2D eigenvalue weighted by atomic mass is 16.5. The fourth-order valence-electron chi connectivity index (χ4n) is 1.76. The van der Waals surface area contributed by atoms with Crippen molar-refractivity contribution in [3.05, 3.63) is 47.9 Å². The molecule has 1 heterocycles. The lowest BCUT2D eigenvalue weighted by Crippen LogP contribution is -2.27. The second-order valence-electron chi connectivity index (χ2n) is 4.16. The lowest BCUT2D eigenvalue weighted by Gasteiger charge is -2.13. The summed E-state index contributed by atoms with van der Waals surface area (Å²) in [5, 5.41) is 2.82. The molecule has 0 aliphatic carbocycles. The zero-order chi connectivity index (χ0) is 13.8. The summed E-state index contributed by atoms with van der Waals surface area (Å²) < 4.78 is 10.3. The van der Waals surface area contributed by atoms with Crippen LogP contribution in [0.25, 0.3) is 0 Å². The van der Waals surface area contributed by atoms with Gasteiger partial charge in [-0.1, -0.05) is 0 Å². The van der Waals surface area contributed by atoms with Crippen LogP contribution in [0, 0.1) is 0 Å². The highest BCUT2D eigenvalue weighted by Gasteiger charge is 2.15. The smallest absolute Gasteiger partial charge is 0.253 e. The molecule has 1 aromatic heterocycles. The van der Waals surface area contributed by atoms with Crippen LogP contribution in [0.2, 0.25) is 0 Å². The zero-order valence-electron chi connectivity index (χ0n) is 10.8. The molecule has 3 N–H and O–H groups in total. The Bertz CT molecular complexity index is 564. The van der Waals surface area contributed by atoms with Crippen LogP contribution in [0.4, 0.5) is 5.69 Å². The fraction of sp³-hybridized carbons (Fsp3) is 0.214. The topological polar surface area (TPSA) is 77.5 Å². The van der Waals surface area contributed by atoms with Gasteiger partial charge in [0.25, 0.3) is 5.91 Å². The predicted molar refractivity (Wildman–Crippen MR) is 72.0 cm³/mol. The van der Waals surface area contributed by atoms with Crippen LogP contribution in [0.3, 0.4) is 0 Å². The summed E-state index contributed by atoms with van der Waals surface area (Å²) >= 11 is 0. The number of anilines is 1. The van der Waals surface area contributed by atoms with Crippen molar-refractivity contribution in [3.8, 4) is 5.75 Å². The molecular formula is C14H16N2O3. The van der Waals surface area contributed by atoms with Gasteiger partial charge in [-0.25, -0.2) is 0 Å². The zero-order valence-corrected chi connectivity index (χ0v) is 10.8. The van der Waals surface area contributed by atoms with Crippen LogP contribution >= 0.6 is 0 Å². The minimum absolute atomic E-state index is 0.219. The number of carbonyl (C=O) groups excluding carboxylic acids is 1. The number of hydrogen-bond acceptors (Lipinski definition) is 4. The van der Waals surface area contributed by atoms with Gasteiger partial charge in [0.05, 0.1) is 25.0 Å². The summed E-state index contributed by atoms with van der Waals surface area (Å²) in [6.45, 7) is 1.84. The number of furan rings is 1. The van der Waals surface area contributed by atoms with Gasteiger partial charge in [-0.15, -0.1) is 0 Å². The highest BCUT2D eigenvalue weighted by Crippen LogP contribution is 2.21. The predicted octanol–water partition coefficient (Wildman–Crippen LogP) is 2.36. The normalized spacial score (nSPS) is 11.9. The molecule has 0 saturated carbocycles. The molecule has 0 aliphatic heterocycles. The number of hydrogen-bond donors (Lipinski definition) is 2. The fourth-order valence-corrected chi connectivity index (χ4v) is 1.76. The summed E-state index contributed by atoms with van der Waals surface area (Å²) in [7, 11) is 1.55. The monoisotopic (exact) mass is 260 g/mol. The second-order valence-corrected chi connectivity index (χ2v) is 4.16. The Balaban J connectivity index is 2.12. The van der Waals surface area contributed by atoms with Gasteiger partial charge in [0.1, 0.15) is 11.5 Å². The lowest BCUT2D eigenvalue weighted by molar-refractivity contribution is 0.0936. The Hall–Kier alpha value is -2.43. The van der Waals surface area contributed by atoms with Gasteiger partial charge in [-0.2, -0.15) is 0 Å². The van der Waals surface area contributed by atoms with Crippen molar-refractivity contribution >= 4 is 11.6 Å². The van der Waals surface area contributed by atoms with Gasteiger partial charge < -0.3 is 20.2 Å². The molecule has 2 aromatic rings. The van der Waals surface area contributed by atoms with Crippen molar-refractivity contribution < 1.29 is 13.9 Å². The van der Waals surface area contributed by atoms with Crippen molar-refractivity contribution in [2.45, 2.75) is 13.0 Å². The Labute approximate surface area is 111 Å².